The topological polar surface area (TPSA) is 60.0 Å². The molecule has 0 bridgehead atoms. The van der Waals surface area contributed by atoms with Gasteiger partial charge in [-0.1, -0.05) is 19.9 Å². The highest BCUT2D eigenvalue weighted by Gasteiger charge is 2.39. The summed E-state index contributed by atoms with van der Waals surface area (Å²) in [5, 5.41) is 1.62. The normalized spacial score (nSPS) is 25.9. The molecule has 1 fully saturated rings. The van der Waals surface area contributed by atoms with E-state index in [0.717, 1.165) is 17.1 Å². The first kappa shape index (κ1) is 16.6. The number of carbonyl (C=O) groups is 1. The van der Waals surface area contributed by atoms with Gasteiger partial charge in [-0.2, -0.15) is 0 Å². The fourth-order valence-corrected chi connectivity index (χ4v) is 3.13. The quantitative estimate of drug-likeness (QED) is 0.840. The molecule has 24 heavy (non-hydrogen) atoms. The molecule has 0 saturated carbocycles. The second kappa shape index (κ2) is 6.73. The van der Waals surface area contributed by atoms with Gasteiger partial charge in [0.05, 0.1) is 25.8 Å². The minimum absolute atomic E-state index is 0.00695. The molecule has 3 rings (SSSR count). The molecule has 2 aliphatic rings. The summed E-state index contributed by atoms with van der Waals surface area (Å²) in [6, 6.07) is 5.63. The Morgan fingerprint density at radius 2 is 2.17 bits per heavy atom. The Bertz CT molecular complexity index is 631. The summed E-state index contributed by atoms with van der Waals surface area (Å²) in [6.07, 6.45) is 1.52. The van der Waals surface area contributed by atoms with Crippen LogP contribution in [0.1, 0.15) is 25.5 Å². The Morgan fingerprint density at radius 3 is 2.83 bits per heavy atom. The molecule has 0 aliphatic carbocycles. The molecule has 0 unspecified atom stereocenters. The van der Waals surface area contributed by atoms with Crippen molar-refractivity contribution in [2.24, 2.45) is 11.8 Å². The fraction of sp³-hybridized carbons (Fsp3) is 0.500. The summed E-state index contributed by atoms with van der Waals surface area (Å²) < 4.78 is 16.3. The zero-order valence-corrected chi connectivity index (χ0v) is 14.3. The van der Waals surface area contributed by atoms with Crippen molar-refractivity contribution in [1.82, 2.24) is 10.4 Å². The summed E-state index contributed by atoms with van der Waals surface area (Å²) >= 11 is 0. The number of carbonyl (C=O) groups excluding carboxylic acids is 1. The molecule has 3 atom stereocenters. The molecule has 2 heterocycles. The number of amides is 1. The summed E-state index contributed by atoms with van der Waals surface area (Å²) in [6.45, 7) is 8.97. The van der Waals surface area contributed by atoms with E-state index in [0.29, 0.717) is 19.1 Å². The molecule has 1 N–H and O–H groups in total. The smallest absolute Gasteiger partial charge is 0.424 e. The molecule has 1 amide bonds. The van der Waals surface area contributed by atoms with Crippen molar-refractivity contribution in [3.05, 3.63) is 36.4 Å². The van der Waals surface area contributed by atoms with Crippen molar-refractivity contribution in [3.63, 3.8) is 0 Å². The highest BCUT2D eigenvalue weighted by atomic mass is 16.6. The molecule has 0 spiro atoms. The number of methoxy groups -OCH3 is 1. The van der Waals surface area contributed by atoms with Crippen molar-refractivity contribution in [2.75, 3.05) is 20.3 Å². The van der Waals surface area contributed by atoms with Crippen molar-refractivity contribution < 1.29 is 19.0 Å². The third-order valence-corrected chi connectivity index (χ3v) is 4.67. The van der Waals surface area contributed by atoms with Crippen LogP contribution in [0.25, 0.3) is 0 Å². The summed E-state index contributed by atoms with van der Waals surface area (Å²) in [4.78, 5) is 12.1. The van der Waals surface area contributed by atoms with Gasteiger partial charge in [-0.05, 0) is 18.1 Å². The van der Waals surface area contributed by atoms with Gasteiger partial charge in [-0.15, -0.1) is 6.58 Å². The van der Waals surface area contributed by atoms with Crippen LogP contribution in [0.4, 0.5) is 4.79 Å². The number of hydrogen-bond donors (Lipinski definition) is 1. The molecule has 2 aliphatic heterocycles. The highest BCUT2D eigenvalue weighted by molar-refractivity contribution is 5.69. The monoisotopic (exact) mass is 332 g/mol. The van der Waals surface area contributed by atoms with Crippen LogP contribution in [0.2, 0.25) is 0 Å². The largest absolute Gasteiger partial charge is 0.497 e. The van der Waals surface area contributed by atoms with Crippen LogP contribution in [0, 0.1) is 11.8 Å². The molecule has 0 aromatic heterocycles. The summed E-state index contributed by atoms with van der Waals surface area (Å²) in [5.41, 5.74) is 4.34. The van der Waals surface area contributed by atoms with Crippen molar-refractivity contribution in [1.29, 1.82) is 0 Å². The van der Waals surface area contributed by atoms with Crippen molar-refractivity contribution >= 4 is 6.09 Å². The van der Waals surface area contributed by atoms with Crippen LogP contribution in [0.15, 0.2) is 30.9 Å². The maximum Gasteiger partial charge on any atom is 0.424 e. The first-order valence-corrected chi connectivity index (χ1v) is 8.20. The lowest BCUT2D eigenvalue weighted by Crippen LogP contribution is -2.51. The SMILES string of the molecule is C=C[C@H]1COc2cc(OC)ccc2[C@H]1NN1C(=O)OC[C@@H]1C(C)C. The lowest BCUT2D eigenvalue weighted by Gasteiger charge is -2.36. The average Bonchev–Trinajstić information content (AvgIpc) is 2.95. The number of benzene rings is 1. The van der Waals surface area contributed by atoms with E-state index in [4.69, 9.17) is 14.2 Å². The van der Waals surface area contributed by atoms with E-state index in [1.54, 1.807) is 12.1 Å². The Morgan fingerprint density at radius 1 is 1.38 bits per heavy atom. The average molecular weight is 332 g/mol. The molecule has 1 aromatic rings. The van der Waals surface area contributed by atoms with E-state index in [1.807, 2.05) is 24.3 Å². The number of nitrogens with one attached hydrogen (secondary N) is 1. The van der Waals surface area contributed by atoms with E-state index in [9.17, 15) is 4.79 Å². The maximum absolute atomic E-state index is 12.1. The van der Waals surface area contributed by atoms with E-state index < -0.39 is 0 Å². The number of ether oxygens (including phenoxy) is 3. The van der Waals surface area contributed by atoms with E-state index in [-0.39, 0.29) is 24.1 Å². The second-order valence-corrected chi connectivity index (χ2v) is 6.48. The van der Waals surface area contributed by atoms with E-state index >= 15 is 0 Å². The lowest BCUT2D eigenvalue weighted by atomic mass is 9.91. The van der Waals surface area contributed by atoms with Gasteiger partial charge in [-0.3, -0.25) is 0 Å². The van der Waals surface area contributed by atoms with Gasteiger partial charge in [0.25, 0.3) is 0 Å². The minimum Gasteiger partial charge on any atom is -0.497 e. The maximum atomic E-state index is 12.1. The van der Waals surface area contributed by atoms with Crippen LogP contribution < -0.4 is 14.9 Å². The van der Waals surface area contributed by atoms with Gasteiger partial charge in [0.1, 0.15) is 18.1 Å². The zero-order valence-electron chi connectivity index (χ0n) is 14.3. The van der Waals surface area contributed by atoms with Gasteiger partial charge in [0, 0.05) is 17.5 Å². The Kier molecular flexibility index (Phi) is 4.66. The number of hydrogen-bond acceptors (Lipinski definition) is 5. The summed E-state index contributed by atoms with van der Waals surface area (Å²) in [5.74, 6) is 1.84. The Balaban J connectivity index is 1.90. The number of nitrogens with zero attached hydrogens (tertiary/aromatic N) is 1. The van der Waals surface area contributed by atoms with Crippen LogP contribution in [-0.2, 0) is 4.74 Å². The molecule has 6 nitrogen and oxygen atoms in total. The first-order valence-electron chi connectivity index (χ1n) is 8.20. The number of hydrazine groups is 1. The van der Waals surface area contributed by atoms with Crippen LogP contribution >= 0.6 is 0 Å². The molecular weight excluding hydrogens is 308 g/mol. The molecule has 6 heteroatoms. The van der Waals surface area contributed by atoms with E-state index in [2.05, 4.69) is 25.9 Å². The predicted molar refractivity (Wildman–Crippen MR) is 89.9 cm³/mol. The van der Waals surface area contributed by atoms with Crippen LogP contribution in [0.5, 0.6) is 11.5 Å². The Hall–Kier alpha value is -2.21. The molecule has 130 valence electrons. The lowest BCUT2D eigenvalue weighted by molar-refractivity contribution is 0.0964. The molecule has 0 radical (unpaired) electrons. The third kappa shape index (κ3) is 2.94. The van der Waals surface area contributed by atoms with Crippen LogP contribution in [0.3, 0.4) is 0 Å². The molecular formula is C18H24N2O4. The van der Waals surface area contributed by atoms with Gasteiger partial charge < -0.3 is 14.2 Å². The highest BCUT2D eigenvalue weighted by Crippen LogP contribution is 2.39. The van der Waals surface area contributed by atoms with Gasteiger partial charge >= 0.3 is 6.09 Å². The molecule has 1 saturated heterocycles. The van der Waals surface area contributed by atoms with Crippen molar-refractivity contribution in [2.45, 2.75) is 25.9 Å². The zero-order chi connectivity index (χ0) is 17.3. The minimum atomic E-state index is -0.335. The van der Waals surface area contributed by atoms with Crippen molar-refractivity contribution in [3.8, 4) is 11.5 Å². The fourth-order valence-electron chi connectivity index (χ4n) is 3.13. The van der Waals surface area contributed by atoms with Crippen LogP contribution in [-0.4, -0.2) is 37.5 Å². The molecule has 1 aromatic carbocycles. The number of fused-ring (bicyclic) bond motifs is 1. The Labute approximate surface area is 142 Å². The predicted octanol–water partition coefficient (Wildman–Crippen LogP) is 2.91. The second-order valence-electron chi connectivity index (χ2n) is 6.48. The third-order valence-electron chi connectivity index (χ3n) is 4.67. The summed E-state index contributed by atoms with van der Waals surface area (Å²) in [7, 11) is 1.63. The van der Waals surface area contributed by atoms with E-state index in [1.165, 1.54) is 0 Å². The number of rotatable bonds is 5. The van der Waals surface area contributed by atoms with Gasteiger partial charge in [-0.25, -0.2) is 15.2 Å². The van der Waals surface area contributed by atoms with Gasteiger partial charge in [0.2, 0.25) is 0 Å². The first-order chi connectivity index (χ1) is 11.5. The number of cyclic esters (lactones) is 1. The standard InChI is InChI=1S/C18H24N2O4/c1-5-12-9-23-16-8-13(22-4)6-7-14(16)17(12)19-20-15(11(2)3)10-24-18(20)21/h5-8,11-12,15,17,19H,1,9-10H2,2-4H3/t12-,15+,17-/m0/s1. The van der Waals surface area contributed by atoms with Gasteiger partial charge in [0.15, 0.2) is 0 Å².